The van der Waals surface area contributed by atoms with Gasteiger partial charge in [0, 0.05) is 6.54 Å². The summed E-state index contributed by atoms with van der Waals surface area (Å²) in [5, 5.41) is 8.93. The van der Waals surface area contributed by atoms with Crippen molar-refractivity contribution in [2.45, 2.75) is 19.4 Å². The number of thioether (sulfide) groups is 1. The maximum Gasteiger partial charge on any atom is 0.201 e. The molecule has 0 fully saturated rings. The number of anilines is 1. The van der Waals surface area contributed by atoms with Gasteiger partial charge >= 0.3 is 0 Å². The molecular weight excluding hydrogens is 244 g/mol. The molecule has 1 heterocycles. The van der Waals surface area contributed by atoms with E-state index in [0.29, 0.717) is 11.5 Å². The minimum absolute atomic E-state index is 0.532. The highest BCUT2D eigenvalue weighted by atomic mass is 32.2. The number of nitriles is 1. The number of nitrogen functional groups attached to an aromatic ring is 1. The summed E-state index contributed by atoms with van der Waals surface area (Å²) in [6.07, 6.45) is 4.35. The van der Waals surface area contributed by atoms with Crippen LogP contribution in [0, 0.1) is 11.3 Å². The zero-order valence-electron chi connectivity index (χ0n) is 10.4. The van der Waals surface area contributed by atoms with Crippen LogP contribution in [0.4, 0.5) is 5.95 Å². The molecule has 0 aliphatic rings. The highest BCUT2D eigenvalue weighted by Gasteiger charge is 2.08. The molecule has 94 valence electrons. The number of benzene rings is 1. The van der Waals surface area contributed by atoms with Crippen LogP contribution in [0.2, 0.25) is 0 Å². The van der Waals surface area contributed by atoms with Crippen molar-refractivity contribution in [2.75, 3.05) is 17.7 Å². The molecule has 0 unspecified atom stereocenters. The summed E-state index contributed by atoms with van der Waals surface area (Å²) in [7, 11) is 0. The van der Waals surface area contributed by atoms with Gasteiger partial charge in [-0.15, -0.1) is 0 Å². The first-order valence-electron chi connectivity index (χ1n) is 5.91. The molecule has 18 heavy (non-hydrogen) atoms. The normalized spacial score (nSPS) is 10.7. The fourth-order valence-electron chi connectivity index (χ4n) is 1.96. The van der Waals surface area contributed by atoms with Crippen molar-refractivity contribution < 1.29 is 0 Å². The topological polar surface area (TPSA) is 67.6 Å². The Bertz CT molecular complexity index is 582. The quantitative estimate of drug-likeness (QED) is 0.839. The second-order valence-corrected chi connectivity index (χ2v) is 5.12. The minimum atomic E-state index is 0.532. The number of aryl methyl sites for hydroxylation is 1. The van der Waals surface area contributed by atoms with Gasteiger partial charge in [-0.1, -0.05) is 0 Å². The largest absolute Gasteiger partial charge is 0.369 e. The van der Waals surface area contributed by atoms with Gasteiger partial charge in [0.25, 0.3) is 0 Å². The lowest BCUT2D eigenvalue weighted by Crippen LogP contribution is -2.03. The third-order valence-corrected chi connectivity index (χ3v) is 3.58. The second-order valence-electron chi connectivity index (χ2n) is 4.14. The zero-order chi connectivity index (χ0) is 13.0. The first-order chi connectivity index (χ1) is 8.76. The van der Waals surface area contributed by atoms with Crippen molar-refractivity contribution >= 4 is 28.7 Å². The summed E-state index contributed by atoms with van der Waals surface area (Å²) >= 11 is 1.85. The number of nitrogens with zero attached hydrogens (tertiary/aromatic N) is 3. The van der Waals surface area contributed by atoms with Crippen molar-refractivity contribution in [3.8, 4) is 6.07 Å². The molecule has 0 amide bonds. The van der Waals surface area contributed by atoms with Crippen LogP contribution in [0.1, 0.15) is 18.4 Å². The molecule has 0 spiro atoms. The van der Waals surface area contributed by atoms with Gasteiger partial charge in [0.2, 0.25) is 5.95 Å². The van der Waals surface area contributed by atoms with E-state index in [1.165, 1.54) is 0 Å². The van der Waals surface area contributed by atoms with Crippen LogP contribution < -0.4 is 5.73 Å². The van der Waals surface area contributed by atoms with Crippen LogP contribution in [0.5, 0.6) is 0 Å². The van der Waals surface area contributed by atoms with Gasteiger partial charge in [0.15, 0.2) is 0 Å². The van der Waals surface area contributed by atoms with Crippen molar-refractivity contribution in [3.63, 3.8) is 0 Å². The minimum Gasteiger partial charge on any atom is -0.369 e. The van der Waals surface area contributed by atoms with E-state index in [9.17, 15) is 0 Å². The SMILES string of the molecule is CSCCCCn1c(N)nc2ccc(C#N)cc21. The second kappa shape index (κ2) is 5.78. The summed E-state index contributed by atoms with van der Waals surface area (Å²) in [4.78, 5) is 4.31. The Labute approximate surface area is 111 Å². The van der Waals surface area contributed by atoms with E-state index in [1.54, 1.807) is 6.07 Å². The lowest BCUT2D eigenvalue weighted by molar-refractivity contribution is 0.656. The number of hydrogen-bond acceptors (Lipinski definition) is 4. The van der Waals surface area contributed by atoms with Crippen molar-refractivity contribution in [2.24, 2.45) is 0 Å². The lowest BCUT2D eigenvalue weighted by Gasteiger charge is -2.05. The van der Waals surface area contributed by atoms with Gasteiger partial charge in [-0.3, -0.25) is 0 Å². The summed E-state index contributed by atoms with van der Waals surface area (Å²) in [6, 6.07) is 7.62. The van der Waals surface area contributed by atoms with Crippen LogP contribution in [-0.2, 0) is 6.54 Å². The number of nitrogens with two attached hydrogens (primary N) is 1. The van der Waals surface area contributed by atoms with Crippen molar-refractivity contribution in [3.05, 3.63) is 23.8 Å². The number of aromatic nitrogens is 2. The molecule has 5 heteroatoms. The third kappa shape index (κ3) is 2.59. The standard InChI is InChI=1S/C13H16N4S/c1-18-7-3-2-6-17-12-8-10(9-14)4-5-11(12)16-13(17)15/h4-5,8H,2-3,6-7H2,1H3,(H2,15,16). The Hall–Kier alpha value is -1.67. The Balaban J connectivity index is 2.25. The summed E-state index contributed by atoms with van der Waals surface area (Å²) in [6.45, 7) is 0.859. The lowest BCUT2D eigenvalue weighted by atomic mass is 10.2. The summed E-state index contributed by atoms with van der Waals surface area (Å²) in [5.74, 6) is 1.69. The first-order valence-corrected chi connectivity index (χ1v) is 7.30. The highest BCUT2D eigenvalue weighted by Crippen LogP contribution is 2.20. The van der Waals surface area contributed by atoms with Gasteiger partial charge in [-0.25, -0.2) is 4.98 Å². The Morgan fingerprint density at radius 1 is 1.44 bits per heavy atom. The first kappa shape index (κ1) is 12.8. The predicted molar refractivity (Wildman–Crippen MR) is 76.5 cm³/mol. The summed E-state index contributed by atoms with van der Waals surface area (Å²) < 4.78 is 2.00. The fraction of sp³-hybridized carbons (Fsp3) is 0.385. The average molecular weight is 260 g/mol. The van der Waals surface area contributed by atoms with E-state index in [1.807, 2.05) is 28.5 Å². The molecule has 2 N–H and O–H groups in total. The Kier molecular flexibility index (Phi) is 4.11. The molecule has 1 aromatic heterocycles. The van der Waals surface area contributed by atoms with Crippen LogP contribution in [0.3, 0.4) is 0 Å². The number of unbranched alkanes of at least 4 members (excludes halogenated alkanes) is 1. The zero-order valence-corrected chi connectivity index (χ0v) is 11.2. The van der Waals surface area contributed by atoms with E-state index in [-0.39, 0.29) is 0 Å². The van der Waals surface area contributed by atoms with Gasteiger partial charge in [0.1, 0.15) is 0 Å². The number of rotatable bonds is 5. The predicted octanol–water partition coefficient (Wildman–Crippen LogP) is 2.63. The molecule has 0 saturated heterocycles. The van der Waals surface area contributed by atoms with Crippen LogP contribution in [0.15, 0.2) is 18.2 Å². The molecule has 0 atom stereocenters. The highest BCUT2D eigenvalue weighted by molar-refractivity contribution is 7.98. The maximum absolute atomic E-state index is 8.93. The molecule has 0 saturated carbocycles. The molecule has 0 aliphatic carbocycles. The smallest absolute Gasteiger partial charge is 0.201 e. The number of imidazole rings is 1. The van der Waals surface area contributed by atoms with Gasteiger partial charge in [-0.05, 0) is 43.0 Å². The van der Waals surface area contributed by atoms with E-state index in [0.717, 1.165) is 36.2 Å². The molecule has 0 radical (unpaired) electrons. The van der Waals surface area contributed by atoms with Crippen LogP contribution in [-0.4, -0.2) is 21.6 Å². The molecule has 0 bridgehead atoms. The van der Waals surface area contributed by atoms with Crippen molar-refractivity contribution in [1.82, 2.24) is 9.55 Å². The monoisotopic (exact) mass is 260 g/mol. The molecule has 4 nitrogen and oxygen atoms in total. The van der Waals surface area contributed by atoms with E-state index in [4.69, 9.17) is 11.0 Å². The number of hydrogen-bond donors (Lipinski definition) is 1. The molecule has 0 aliphatic heterocycles. The van der Waals surface area contributed by atoms with Gasteiger partial charge < -0.3 is 10.3 Å². The third-order valence-electron chi connectivity index (χ3n) is 2.89. The summed E-state index contributed by atoms with van der Waals surface area (Å²) in [5.41, 5.74) is 8.38. The molecule has 2 aromatic rings. The maximum atomic E-state index is 8.93. The van der Waals surface area contributed by atoms with Crippen molar-refractivity contribution in [1.29, 1.82) is 5.26 Å². The van der Waals surface area contributed by atoms with Gasteiger partial charge in [0.05, 0.1) is 22.7 Å². The van der Waals surface area contributed by atoms with E-state index < -0.39 is 0 Å². The Morgan fingerprint density at radius 2 is 2.28 bits per heavy atom. The van der Waals surface area contributed by atoms with E-state index >= 15 is 0 Å². The molecule has 2 rings (SSSR count). The van der Waals surface area contributed by atoms with Crippen LogP contribution in [0.25, 0.3) is 11.0 Å². The Morgan fingerprint density at radius 3 is 3.00 bits per heavy atom. The van der Waals surface area contributed by atoms with E-state index in [2.05, 4.69) is 17.3 Å². The molecule has 1 aromatic carbocycles. The number of fused-ring (bicyclic) bond motifs is 1. The average Bonchev–Trinajstić information content (AvgIpc) is 2.70. The van der Waals surface area contributed by atoms with Gasteiger partial charge in [-0.2, -0.15) is 17.0 Å². The van der Waals surface area contributed by atoms with Crippen LogP contribution >= 0.6 is 11.8 Å². The fourth-order valence-corrected chi connectivity index (χ4v) is 2.46. The molecular formula is C13H16N4S.